The predicted octanol–water partition coefficient (Wildman–Crippen LogP) is 0.837. The first-order valence-electron chi connectivity index (χ1n) is 8.16. The van der Waals surface area contributed by atoms with Crippen molar-refractivity contribution in [3.63, 3.8) is 0 Å². The summed E-state index contributed by atoms with van der Waals surface area (Å²) in [7, 11) is -3.80. The molecule has 9 heteroatoms. The summed E-state index contributed by atoms with van der Waals surface area (Å²) < 4.78 is 22.6. The molecular formula is C18H18N4O4S. The molecule has 0 radical (unpaired) electrons. The standard InChI is InChI=1S/C18H18N4O4S/c19-27(25,26)16-8-6-15(7-9-16)22-12-14(10-17(22)23)18(24)21-20-11-13-4-2-1-3-5-13/h1-9,11,14H,10,12H2,(H,21,24)(H2,19,25,26)/b20-11+. The number of sulfonamides is 1. The van der Waals surface area contributed by atoms with Crippen LogP contribution in [0.4, 0.5) is 5.69 Å². The van der Waals surface area contributed by atoms with Crippen molar-refractivity contribution in [2.45, 2.75) is 11.3 Å². The highest BCUT2D eigenvalue weighted by Crippen LogP contribution is 2.26. The molecule has 2 amide bonds. The summed E-state index contributed by atoms with van der Waals surface area (Å²) in [6.45, 7) is 0.195. The van der Waals surface area contributed by atoms with Crippen LogP contribution in [0, 0.1) is 5.92 Å². The van der Waals surface area contributed by atoms with Gasteiger partial charge in [0.15, 0.2) is 0 Å². The lowest BCUT2D eigenvalue weighted by molar-refractivity contribution is -0.126. The first-order chi connectivity index (χ1) is 12.8. The van der Waals surface area contributed by atoms with Gasteiger partial charge in [-0.1, -0.05) is 30.3 Å². The summed E-state index contributed by atoms with van der Waals surface area (Å²) in [5, 5.41) is 8.98. The van der Waals surface area contributed by atoms with Crippen LogP contribution in [0.3, 0.4) is 0 Å². The number of carbonyl (C=O) groups excluding carboxylic acids is 2. The minimum absolute atomic E-state index is 0.0394. The quantitative estimate of drug-likeness (QED) is 0.584. The number of hydrogen-bond acceptors (Lipinski definition) is 5. The minimum atomic E-state index is -3.80. The van der Waals surface area contributed by atoms with Crippen molar-refractivity contribution in [2.24, 2.45) is 16.2 Å². The Balaban J connectivity index is 1.63. The molecule has 140 valence electrons. The molecular weight excluding hydrogens is 368 g/mol. The van der Waals surface area contributed by atoms with Gasteiger partial charge >= 0.3 is 0 Å². The van der Waals surface area contributed by atoms with Gasteiger partial charge in [-0.25, -0.2) is 19.0 Å². The lowest BCUT2D eigenvalue weighted by Crippen LogP contribution is -2.30. The summed E-state index contributed by atoms with van der Waals surface area (Å²) in [5.74, 6) is -1.10. The second-order valence-electron chi connectivity index (χ2n) is 6.09. The smallest absolute Gasteiger partial charge is 0.245 e. The third-order valence-corrected chi connectivity index (χ3v) is 5.09. The van der Waals surface area contributed by atoms with Crippen LogP contribution >= 0.6 is 0 Å². The molecule has 0 saturated carbocycles. The van der Waals surface area contributed by atoms with Crippen LogP contribution in [0.25, 0.3) is 0 Å². The van der Waals surface area contributed by atoms with Gasteiger partial charge in [-0.2, -0.15) is 5.10 Å². The van der Waals surface area contributed by atoms with E-state index in [0.717, 1.165) is 5.56 Å². The molecule has 1 aliphatic rings. The number of nitrogens with one attached hydrogen (secondary N) is 1. The summed E-state index contributed by atoms with van der Waals surface area (Å²) in [5.41, 5.74) is 3.80. The first kappa shape index (κ1) is 18.7. The Bertz CT molecular complexity index is 972. The minimum Gasteiger partial charge on any atom is -0.312 e. The van der Waals surface area contributed by atoms with Gasteiger partial charge in [0.2, 0.25) is 21.8 Å². The van der Waals surface area contributed by atoms with Gasteiger partial charge in [0.05, 0.1) is 17.0 Å². The van der Waals surface area contributed by atoms with Gasteiger partial charge in [-0.3, -0.25) is 9.59 Å². The molecule has 3 rings (SSSR count). The molecule has 1 fully saturated rings. The van der Waals surface area contributed by atoms with E-state index in [-0.39, 0.29) is 29.7 Å². The summed E-state index contributed by atoms with van der Waals surface area (Å²) in [6.07, 6.45) is 1.59. The summed E-state index contributed by atoms with van der Waals surface area (Å²) >= 11 is 0. The average Bonchev–Trinajstić information content (AvgIpc) is 3.04. The zero-order valence-electron chi connectivity index (χ0n) is 14.3. The van der Waals surface area contributed by atoms with Crippen LogP contribution in [-0.4, -0.2) is 33.0 Å². The highest BCUT2D eigenvalue weighted by atomic mass is 32.2. The van der Waals surface area contributed by atoms with Crippen molar-refractivity contribution in [2.75, 3.05) is 11.4 Å². The number of primary sulfonamides is 1. The largest absolute Gasteiger partial charge is 0.312 e. The molecule has 1 unspecified atom stereocenters. The van der Waals surface area contributed by atoms with E-state index in [1.54, 1.807) is 0 Å². The number of nitrogens with zero attached hydrogens (tertiary/aromatic N) is 2. The fourth-order valence-electron chi connectivity index (χ4n) is 2.75. The first-order valence-corrected chi connectivity index (χ1v) is 9.70. The van der Waals surface area contributed by atoms with Gasteiger partial charge in [0.25, 0.3) is 0 Å². The number of hydrazone groups is 1. The predicted molar refractivity (Wildman–Crippen MR) is 100 cm³/mol. The second-order valence-corrected chi connectivity index (χ2v) is 7.65. The molecule has 0 aromatic heterocycles. The Morgan fingerprint density at radius 2 is 1.81 bits per heavy atom. The molecule has 1 aliphatic heterocycles. The Labute approximate surface area is 156 Å². The van der Waals surface area contributed by atoms with Crippen LogP contribution < -0.4 is 15.5 Å². The SMILES string of the molecule is NS(=O)(=O)c1ccc(N2CC(C(=O)N/N=C/c3ccccc3)CC2=O)cc1. The number of carbonyl (C=O) groups is 2. The highest BCUT2D eigenvalue weighted by Gasteiger charge is 2.35. The Morgan fingerprint density at radius 3 is 2.44 bits per heavy atom. The Morgan fingerprint density at radius 1 is 1.15 bits per heavy atom. The number of nitrogens with two attached hydrogens (primary N) is 1. The van der Waals surface area contributed by atoms with E-state index in [1.807, 2.05) is 30.3 Å². The van der Waals surface area contributed by atoms with Crippen LogP contribution in [0.1, 0.15) is 12.0 Å². The summed E-state index contributed by atoms with van der Waals surface area (Å²) in [6, 6.07) is 14.9. The molecule has 0 spiro atoms. The van der Waals surface area contributed by atoms with Gasteiger partial charge in [-0.05, 0) is 29.8 Å². The van der Waals surface area contributed by atoms with Crippen molar-refractivity contribution in [3.05, 3.63) is 60.2 Å². The van der Waals surface area contributed by atoms with Crippen LogP contribution in [0.15, 0.2) is 64.6 Å². The van der Waals surface area contributed by atoms with E-state index in [2.05, 4.69) is 10.5 Å². The van der Waals surface area contributed by atoms with Crippen molar-refractivity contribution in [3.8, 4) is 0 Å². The molecule has 8 nitrogen and oxygen atoms in total. The molecule has 2 aromatic carbocycles. The maximum Gasteiger partial charge on any atom is 0.245 e. The van der Waals surface area contributed by atoms with Gasteiger partial charge < -0.3 is 4.90 Å². The van der Waals surface area contributed by atoms with Crippen molar-refractivity contribution < 1.29 is 18.0 Å². The van der Waals surface area contributed by atoms with Crippen LogP contribution in [0.2, 0.25) is 0 Å². The number of hydrogen-bond donors (Lipinski definition) is 2. The zero-order chi connectivity index (χ0) is 19.4. The normalized spacial score (nSPS) is 17.4. The molecule has 2 aromatic rings. The van der Waals surface area contributed by atoms with Crippen molar-refractivity contribution in [1.29, 1.82) is 0 Å². The average molecular weight is 386 g/mol. The molecule has 1 saturated heterocycles. The number of rotatable bonds is 5. The molecule has 1 heterocycles. The molecule has 0 aliphatic carbocycles. The lowest BCUT2D eigenvalue weighted by atomic mass is 10.1. The zero-order valence-corrected chi connectivity index (χ0v) is 15.1. The maximum absolute atomic E-state index is 12.2. The third-order valence-electron chi connectivity index (χ3n) is 4.16. The van der Waals surface area contributed by atoms with Crippen molar-refractivity contribution >= 4 is 33.7 Å². The molecule has 3 N–H and O–H groups in total. The fourth-order valence-corrected chi connectivity index (χ4v) is 3.26. The van der Waals surface area contributed by atoms with Crippen LogP contribution in [0.5, 0.6) is 0 Å². The van der Waals surface area contributed by atoms with Gasteiger partial charge in [0.1, 0.15) is 0 Å². The van der Waals surface area contributed by atoms with E-state index in [0.29, 0.717) is 5.69 Å². The second kappa shape index (κ2) is 7.68. The van der Waals surface area contributed by atoms with Crippen LogP contribution in [-0.2, 0) is 19.6 Å². The molecule has 0 bridgehead atoms. The van der Waals surface area contributed by atoms with E-state index < -0.39 is 15.9 Å². The Kier molecular flexibility index (Phi) is 5.33. The summed E-state index contributed by atoms with van der Waals surface area (Å²) in [4.78, 5) is 25.9. The number of amides is 2. The lowest BCUT2D eigenvalue weighted by Gasteiger charge is -2.16. The van der Waals surface area contributed by atoms with Crippen molar-refractivity contribution in [1.82, 2.24) is 5.43 Å². The molecule has 27 heavy (non-hydrogen) atoms. The Hall–Kier alpha value is -3.04. The monoisotopic (exact) mass is 386 g/mol. The topological polar surface area (TPSA) is 122 Å². The fraction of sp³-hybridized carbons (Fsp3) is 0.167. The van der Waals surface area contributed by atoms with E-state index in [1.165, 1.54) is 35.4 Å². The number of anilines is 1. The molecule has 1 atom stereocenters. The highest BCUT2D eigenvalue weighted by molar-refractivity contribution is 7.89. The van der Waals surface area contributed by atoms with E-state index >= 15 is 0 Å². The van der Waals surface area contributed by atoms with E-state index in [9.17, 15) is 18.0 Å². The number of benzene rings is 2. The third kappa shape index (κ3) is 4.57. The van der Waals surface area contributed by atoms with E-state index in [4.69, 9.17) is 5.14 Å². The van der Waals surface area contributed by atoms with Gasteiger partial charge in [-0.15, -0.1) is 0 Å². The maximum atomic E-state index is 12.2. The van der Waals surface area contributed by atoms with Gasteiger partial charge in [0, 0.05) is 18.7 Å².